The zero-order valence-electron chi connectivity index (χ0n) is 11.9. The molecule has 1 aromatic carbocycles. The molecule has 0 radical (unpaired) electrons. The number of carboxylic acids is 1. The molecule has 2 atom stereocenters. The van der Waals surface area contributed by atoms with E-state index in [0.29, 0.717) is 18.5 Å². The minimum atomic E-state index is -1.01. The highest BCUT2D eigenvalue weighted by Gasteiger charge is 2.25. The van der Waals surface area contributed by atoms with Crippen LogP contribution in [0.5, 0.6) is 0 Å². The van der Waals surface area contributed by atoms with E-state index < -0.39 is 12.0 Å². The third-order valence-corrected chi connectivity index (χ3v) is 3.41. The summed E-state index contributed by atoms with van der Waals surface area (Å²) in [6, 6.07) is 6.18. The fraction of sp³-hybridized carbons (Fsp3) is 0.467. The van der Waals surface area contributed by atoms with Crippen LogP contribution >= 0.6 is 0 Å². The van der Waals surface area contributed by atoms with Gasteiger partial charge in [-0.05, 0) is 36.6 Å². The maximum absolute atomic E-state index is 12.0. The molecule has 20 heavy (non-hydrogen) atoms. The summed E-state index contributed by atoms with van der Waals surface area (Å²) in [4.78, 5) is 23.2. The van der Waals surface area contributed by atoms with Gasteiger partial charge in [0.05, 0.1) is 0 Å². The van der Waals surface area contributed by atoms with Gasteiger partial charge in [0.25, 0.3) is 5.91 Å². The monoisotopic (exact) mass is 278 g/mol. The average molecular weight is 278 g/mol. The van der Waals surface area contributed by atoms with E-state index in [9.17, 15) is 9.59 Å². The van der Waals surface area contributed by atoms with Crippen LogP contribution in [0.15, 0.2) is 24.3 Å². The van der Waals surface area contributed by atoms with Gasteiger partial charge in [-0.15, -0.1) is 0 Å². The highest BCUT2D eigenvalue weighted by molar-refractivity contribution is 5.96. The number of rotatable bonds is 7. The van der Waals surface area contributed by atoms with E-state index >= 15 is 0 Å². The van der Waals surface area contributed by atoms with Crippen molar-refractivity contribution in [2.45, 2.75) is 32.7 Å². The largest absolute Gasteiger partial charge is 0.480 e. The quantitative estimate of drug-likeness (QED) is 0.703. The predicted octanol–water partition coefficient (Wildman–Crippen LogP) is 1.42. The van der Waals surface area contributed by atoms with E-state index in [1.54, 1.807) is 12.1 Å². The van der Waals surface area contributed by atoms with E-state index in [0.717, 1.165) is 12.0 Å². The minimum absolute atomic E-state index is 0.118. The molecule has 0 heterocycles. The van der Waals surface area contributed by atoms with Crippen LogP contribution in [-0.2, 0) is 11.2 Å². The molecule has 1 aromatic rings. The topological polar surface area (TPSA) is 92.4 Å². The normalized spacial score (nSPS) is 13.6. The summed E-state index contributed by atoms with van der Waals surface area (Å²) in [5, 5.41) is 11.7. The molecule has 1 rings (SSSR count). The number of carbonyl (C=O) groups is 2. The Morgan fingerprint density at radius 3 is 2.35 bits per heavy atom. The van der Waals surface area contributed by atoms with Gasteiger partial charge in [0.1, 0.15) is 6.04 Å². The molecule has 5 heteroatoms. The molecule has 0 aliphatic heterocycles. The SMILES string of the molecule is CCC(C)[C@H](NC(=O)c1ccc(CCN)cc1)C(=O)O. The van der Waals surface area contributed by atoms with Crippen molar-refractivity contribution in [2.24, 2.45) is 11.7 Å². The molecule has 1 unspecified atom stereocenters. The van der Waals surface area contributed by atoms with Crippen LogP contribution < -0.4 is 11.1 Å². The van der Waals surface area contributed by atoms with Crippen LogP contribution in [0.25, 0.3) is 0 Å². The lowest BCUT2D eigenvalue weighted by Gasteiger charge is -2.20. The Balaban J connectivity index is 2.76. The Bertz CT molecular complexity index is 457. The van der Waals surface area contributed by atoms with Crippen molar-refractivity contribution in [2.75, 3.05) is 6.54 Å². The van der Waals surface area contributed by atoms with E-state index in [2.05, 4.69) is 5.32 Å². The number of hydrogen-bond donors (Lipinski definition) is 3. The fourth-order valence-electron chi connectivity index (χ4n) is 1.90. The first kappa shape index (κ1) is 16.2. The van der Waals surface area contributed by atoms with Crippen molar-refractivity contribution in [3.05, 3.63) is 35.4 Å². The summed E-state index contributed by atoms with van der Waals surface area (Å²) in [5.41, 5.74) is 6.98. The first-order valence-electron chi connectivity index (χ1n) is 6.82. The Morgan fingerprint density at radius 2 is 1.90 bits per heavy atom. The second-order valence-electron chi connectivity index (χ2n) is 4.91. The molecule has 0 fully saturated rings. The van der Waals surface area contributed by atoms with Crippen LogP contribution in [0.2, 0.25) is 0 Å². The van der Waals surface area contributed by atoms with Crippen LogP contribution in [0.4, 0.5) is 0 Å². The molecule has 0 saturated heterocycles. The van der Waals surface area contributed by atoms with Gasteiger partial charge in [-0.2, -0.15) is 0 Å². The third-order valence-electron chi connectivity index (χ3n) is 3.41. The van der Waals surface area contributed by atoms with Gasteiger partial charge in [-0.3, -0.25) is 4.79 Å². The Hall–Kier alpha value is -1.88. The van der Waals surface area contributed by atoms with Gasteiger partial charge in [0.2, 0.25) is 0 Å². The summed E-state index contributed by atoms with van der Waals surface area (Å²) >= 11 is 0. The number of carbonyl (C=O) groups excluding carboxylic acids is 1. The third kappa shape index (κ3) is 4.35. The van der Waals surface area contributed by atoms with E-state index in [4.69, 9.17) is 10.8 Å². The first-order valence-corrected chi connectivity index (χ1v) is 6.82. The van der Waals surface area contributed by atoms with Gasteiger partial charge in [0.15, 0.2) is 0 Å². The Labute approximate surface area is 119 Å². The maximum Gasteiger partial charge on any atom is 0.326 e. The van der Waals surface area contributed by atoms with Gasteiger partial charge in [-0.1, -0.05) is 32.4 Å². The van der Waals surface area contributed by atoms with Crippen LogP contribution in [-0.4, -0.2) is 29.6 Å². The molecule has 0 aromatic heterocycles. The maximum atomic E-state index is 12.0. The molecule has 0 bridgehead atoms. The zero-order chi connectivity index (χ0) is 15.1. The van der Waals surface area contributed by atoms with Crippen molar-refractivity contribution in [1.29, 1.82) is 0 Å². The number of benzene rings is 1. The summed E-state index contributed by atoms with van der Waals surface area (Å²) in [7, 11) is 0. The van der Waals surface area contributed by atoms with Gasteiger partial charge in [-0.25, -0.2) is 4.79 Å². The number of aliphatic carboxylic acids is 1. The first-order chi connectivity index (χ1) is 9.49. The standard InChI is InChI=1S/C15H22N2O3/c1-3-10(2)13(15(19)20)17-14(18)12-6-4-11(5-7-12)8-9-16/h4-7,10,13H,3,8-9,16H2,1-2H3,(H,17,18)(H,19,20)/t10?,13-/m0/s1. The summed E-state index contributed by atoms with van der Waals surface area (Å²) < 4.78 is 0. The van der Waals surface area contributed by atoms with Gasteiger partial charge in [0, 0.05) is 5.56 Å². The predicted molar refractivity (Wildman–Crippen MR) is 77.5 cm³/mol. The second-order valence-corrected chi connectivity index (χ2v) is 4.91. The highest BCUT2D eigenvalue weighted by Crippen LogP contribution is 2.10. The fourth-order valence-corrected chi connectivity index (χ4v) is 1.90. The minimum Gasteiger partial charge on any atom is -0.480 e. The highest BCUT2D eigenvalue weighted by atomic mass is 16.4. The average Bonchev–Trinajstić information content (AvgIpc) is 2.44. The smallest absolute Gasteiger partial charge is 0.326 e. The molecule has 0 aliphatic carbocycles. The van der Waals surface area contributed by atoms with Crippen molar-refractivity contribution >= 4 is 11.9 Å². The number of nitrogens with two attached hydrogens (primary N) is 1. The van der Waals surface area contributed by atoms with E-state index in [-0.39, 0.29) is 11.8 Å². The van der Waals surface area contributed by atoms with E-state index in [1.165, 1.54) is 0 Å². The molecule has 0 saturated carbocycles. The Morgan fingerprint density at radius 1 is 1.30 bits per heavy atom. The number of nitrogens with one attached hydrogen (secondary N) is 1. The lowest BCUT2D eigenvalue weighted by molar-refractivity contribution is -0.140. The zero-order valence-corrected chi connectivity index (χ0v) is 11.9. The van der Waals surface area contributed by atoms with Crippen molar-refractivity contribution in [3.8, 4) is 0 Å². The number of amides is 1. The molecule has 5 nitrogen and oxygen atoms in total. The molecule has 110 valence electrons. The van der Waals surface area contributed by atoms with Crippen molar-refractivity contribution in [3.63, 3.8) is 0 Å². The molecular formula is C15H22N2O3. The van der Waals surface area contributed by atoms with Crippen molar-refractivity contribution in [1.82, 2.24) is 5.32 Å². The molecular weight excluding hydrogens is 256 g/mol. The molecule has 0 spiro atoms. The second kappa shape index (κ2) is 7.65. The summed E-state index contributed by atoms with van der Waals surface area (Å²) in [6.45, 7) is 4.26. The van der Waals surface area contributed by atoms with Crippen LogP contribution in [0.1, 0.15) is 36.2 Å². The summed E-state index contributed by atoms with van der Waals surface area (Å²) in [6.07, 6.45) is 1.44. The van der Waals surface area contributed by atoms with Crippen molar-refractivity contribution < 1.29 is 14.7 Å². The lowest BCUT2D eigenvalue weighted by atomic mass is 9.99. The van der Waals surface area contributed by atoms with E-state index in [1.807, 2.05) is 26.0 Å². The Kier molecular flexibility index (Phi) is 6.18. The number of hydrogen-bond acceptors (Lipinski definition) is 3. The molecule has 4 N–H and O–H groups in total. The number of carboxylic acid groups (broad SMARTS) is 1. The molecule has 1 amide bonds. The lowest BCUT2D eigenvalue weighted by Crippen LogP contribution is -2.45. The molecule has 0 aliphatic rings. The van der Waals surface area contributed by atoms with Crippen LogP contribution in [0.3, 0.4) is 0 Å². The van der Waals surface area contributed by atoms with Crippen LogP contribution in [0, 0.1) is 5.92 Å². The van der Waals surface area contributed by atoms with Gasteiger partial charge < -0.3 is 16.2 Å². The summed E-state index contributed by atoms with van der Waals surface area (Å²) in [5.74, 6) is -1.49. The van der Waals surface area contributed by atoms with Gasteiger partial charge >= 0.3 is 5.97 Å².